The molecule has 3 aromatic rings. The quantitative estimate of drug-likeness (QED) is 0.0270. The molecule has 0 bridgehead atoms. The van der Waals surface area contributed by atoms with Crippen molar-refractivity contribution in [2.45, 2.75) is 109 Å². The number of carbonyl (C=O) groups is 8. The van der Waals surface area contributed by atoms with Crippen LogP contribution in [0.5, 0.6) is 0 Å². The van der Waals surface area contributed by atoms with Gasteiger partial charge < -0.3 is 64.8 Å². The van der Waals surface area contributed by atoms with Gasteiger partial charge in [-0.1, -0.05) is 83.0 Å². The van der Waals surface area contributed by atoms with E-state index in [2.05, 4.69) is 42.5 Å². The number of hydrogen-bond acceptors (Lipinski definition) is 10. The molecule has 22 heteroatoms. The van der Waals surface area contributed by atoms with E-state index in [1.807, 2.05) is 30.3 Å². The van der Waals surface area contributed by atoms with Crippen LogP contribution in [0.1, 0.15) is 88.6 Å². The van der Waals surface area contributed by atoms with Gasteiger partial charge in [0, 0.05) is 24.3 Å². The number of benzene rings is 3. The van der Waals surface area contributed by atoms with Crippen LogP contribution >= 0.6 is 0 Å². The minimum absolute atomic E-state index is 0.0372. The maximum atomic E-state index is 14.0. The third-order valence-corrected chi connectivity index (χ3v) is 11.5. The van der Waals surface area contributed by atoms with Crippen molar-refractivity contribution in [2.24, 2.45) is 29.0 Å². The predicted octanol–water partition coefficient (Wildman–Crippen LogP) is 0.637. The van der Waals surface area contributed by atoms with Gasteiger partial charge in [-0.15, -0.1) is 0 Å². The van der Waals surface area contributed by atoms with Crippen molar-refractivity contribution in [1.82, 2.24) is 37.2 Å². The zero-order valence-electron chi connectivity index (χ0n) is 39.4. The highest BCUT2D eigenvalue weighted by Crippen LogP contribution is 2.18. The zero-order valence-corrected chi connectivity index (χ0v) is 39.4. The van der Waals surface area contributed by atoms with Crippen molar-refractivity contribution in [3.8, 4) is 0 Å². The van der Waals surface area contributed by atoms with Gasteiger partial charge in [0.15, 0.2) is 11.9 Å². The van der Waals surface area contributed by atoms with Gasteiger partial charge in [-0.25, -0.2) is 0 Å². The van der Waals surface area contributed by atoms with Crippen molar-refractivity contribution < 1.29 is 43.5 Å². The molecule has 3 rings (SSSR count). The fraction of sp³-hybridized carbons (Fsp3) is 0.447. The summed E-state index contributed by atoms with van der Waals surface area (Å²) in [6.07, 6.45) is 0.135. The largest absolute Gasteiger partial charge is 0.481 e. The van der Waals surface area contributed by atoms with Crippen molar-refractivity contribution in [1.29, 1.82) is 10.8 Å². The Labute approximate surface area is 400 Å². The second-order valence-corrected chi connectivity index (χ2v) is 16.8. The summed E-state index contributed by atoms with van der Waals surface area (Å²) in [6.45, 7) is 7.19. The minimum Gasteiger partial charge on any atom is -0.481 e. The van der Waals surface area contributed by atoms with Gasteiger partial charge in [-0.2, -0.15) is 0 Å². The lowest BCUT2D eigenvalue weighted by Crippen LogP contribution is -2.60. The fourth-order valence-electron chi connectivity index (χ4n) is 7.12. The number of rotatable bonds is 28. The van der Waals surface area contributed by atoms with E-state index >= 15 is 0 Å². The second kappa shape index (κ2) is 27.8. The Morgan fingerprint density at radius 1 is 0.609 bits per heavy atom. The highest BCUT2D eigenvalue weighted by atomic mass is 16.4. The maximum Gasteiger partial charge on any atom is 0.305 e. The van der Waals surface area contributed by atoms with Gasteiger partial charge in [0.25, 0.3) is 5.91 Å². The highest BCUT2D eigenvalue weighted by molar-refractivity contribution is 6.06. The van der Waals surface area contributed by atoms with E-state index in [4.69, 9.17) is 28.0 Å². The first-order valence-corrected chi connectivity index (χ1v) is 22.8. The zero-order chi connectivity index (χ0) is 51.2. The maximum absolute atomic E-state index is 14.0. The first-order valence-electron chi connectivity index (χ1n) is 22.8. The van der Waals surface area contributed by atoms with Crippen molar-refractivity contribution >= 4 is 75.7 Å². The molecule has 3 aromatic carbocycles. The number of aliphatic carboxylic acids is 1. The van der Waals surface area contributed by atoms with Gasteiger partial charge >= 0.3 is 5.97 Å². The number of guanidine groups is 2. The SMILES string of the molecule is CCC(C)C(NC(=O)C(CCCNC(=N)N)NC(=O)[C@H](CC(=O)O)NC(=O)[C@@H](NC(=O)[C@H](CCCNC(=N)N)NC(=O)Cc1ccc(NC(=O)c2ccc3ccccc3c2)cc1)[C@@H](C)CC)C(N)=O. The molecule has 0 aromatic heterocycles. The number of carboxylic acids is 1. The highest BCUT2D eigenvalue weighted by Gasteiger charge is 2.35. The summed E-state index contributed by atoms with van der Waals surface area (Å²) in [5.41, 5.74) is 17.9. The van der Waals surface area contributed by atoms with Crippen LogP contribution in [0.3, 0.4) is 0 Å². The van der Waals surface area contributed by atoms with E-state index in [1.165, 1.54) is 0 Å². The predicted molar refractivity (Wildman–Crippen MR) is 260 cm³/mol. The lowest BCUT2D eigenvalue weighted by molar-refractivity contribution is -0.141. The molecule has 0 aliphatic heterocycles. The third-order valence-electron chi connectivity index (χ3n) is 11.5. The number of hydrogen-bond donors (Lipinski definition) is 14. The molecule has 0 radical (unpaired) electrons. The van der Waals surface area contributed by atoms with Crippen LogP contribution in [0.15, 0.2) is 66.7 Å². The number of nitrogens with two attached hydrogens (primary N) is 3. The molecule has 0 heterocycles. The van der Waals surface area contributed by atoms with Crippen LogP contribution in [0, 0.1) is 22.7 Å². The van der Waals surface area contributed by atoms with Gasteiger partial charge in [0.2, 0.25) is 35.4 Å². The number of carboxylic acid groups (broad SMARTS) is 1. The minimum atomic E-state index is -1.75. The van der Waals surface area contributed by atoms with Crippen LogP contribution in [-0.4, -0.2) is 108 Å². The van der Waals surface area contributed by atoms with E-state index in [9.17, 15) is 43.5 Å². The summed E-state index contributed by atoms with van der Waals surface area (Å²) in [6, 6.07) is 12.9. The number of fused-ring (bicyclic) bond motifs is 1. The van der Waals surface area contributed by atoms with E-state index in [0.29, 0.717) is 29.7 Å². The van der Waals surface area contributed by atoms with Crippen LogP contribution < -0.4 is 59.7 Å². The molecule has 17 N–H and O–H groups in total. The molecule has 0 aliphatic rings. The van der Waals surface area contributed by atoms with Crippen molar-refractivity contribution in [3.05, 3.63) is 77.9 Å². The number of carbonyl (C=O) groups excluding carboxylic acids is 7. The molecule has 374 valence electrons. The van der Waals surface area contributed by atoms with E-state index < -0.39 is 84.0 Å². The molecule has 0 spiro atoms. The topological polar surface area (TPSA) is 379 Å². The Bertz CT molecular complexity index is 2310. The Morgan fingerprint density at radius 2 is 1.12 bits per heavy atom. The number of amides is 7. The van der Waals surface area contributed by atoms with Crippen LogP contribution in [0.4, 0.5) is 5.69 Å². The second-order valence-electron chi connectivity index (χ2n) is 16.8. The van der Waals surface area contributed by atoms with Gasteiger partial charge in [-0.3, -0.25) is 49.2 Å². The summed E-state index contributed by atoms with van der Waals surface area (Å²) >= 11 is 0. The Morgan fingerprint density at radius 3 is 1.65 bits per heavy atom. The fourth-order valence-corrected chi connectivity index (χ4v) is 7.12. The monoisotopic (exact) mass is 958 g/mol. The third kappa shape index (κ3) is 18.8. The van der Waals surface area contributed by atoms with E-state index in [-0.39, 0.29) is 68.9 Å². The summed E-state index contributed by atoms with van der Waals surface area (Å²) in [7, 11) is 0. The molecule has 69 heavy (non-hydrogen) atoms. The number of nitrogens with one attached hydrogen (secondary N) is 10. The summed E-state index contributed by atoms with van der Waals surface area (Å²) in [5, 5.41) is 47.5. The molecule has 0 fully saturated rings. The van der Waals surface area contributed by atoms with Gasteiger partial charge in [-0.05, 0) is 78.1 Å². The first-order chi connectivity index (χ1) is 32.7. The molecule has 0 aliphatic carbocycles. The standard InChI is InChI=1S/C47H67N13O9/c1-5-26(3)38(40(48)64)59-43(67)34(14-10-22-54-47(51)52)57-44(68)35(25-37(62)63)58-45(69)39(27(4)6-2)60-42(66)33(13-9-21-53-46(49)50)56-36(61)23-28-15-19-32(20-16-28)55-41(65)31-18-17-29-11-7-8-12-30(29)24-31/h7-8,11-12,15-20,24,26-27,33-35,38-39H,5-6,9-10,13-14,21-23,25H2,1-4H3,(H2,48,64)(H,55,65)(H,56,61)(H,57,68)(H,58,69)(H,59,67)(H,60,66)(H,62,63)(H4,49,50,53)(H4,51,52,54)/t26?,27-,33-,34?,35-,38?,39-/m0/s1. The Kier molecular flexibility index (Phi) is 22.3. The lowest BCUT2D eigenvalue weighted by atomic mass is 9.96. The summed E-state index contributed by atoms with van der Waals surface area (Å²) in [5.74, 6) is -8.29. The van der Waals surface area contributed by atoms with E-state index in [1.54, 1.807) is 64.1 Å². The molecule has 22 nitrogen and oxygen atoms in total. The Balaban J connectivity index is 1.77. The Hall–Kier alpha value is -7.78. The average molecular weight is 958 g/mol. The van der Waals surface area contributed by atoms with Crippen LogP contribution in [0.25, 0.3) is 10.8 Å². The van der Waals surface area contributed by atoms with Crippen LogP contribution in [-0.2, 0) is 40.0 Å². The van der Waals surface area contributed by atoms with Gasteiger partial charge in [0.1, 0.15) is 30.2 Å². The molecular formula is C47H67N13O9. The van der Waals surface area contributed by atoms with Crippen molar-refractivity contribution in [2.75, 3.05) is 18.4 Å². The van der Waals surface area contributed by atoms with Gasteiger partial charge in [0.05, 0.1) is 12.8 Å². The molecule has 7 amide bonds. The molecule has 0 saturated carbocycles. The molecule has 3 unspecified atom stereocenters. The van der Waals surface area contributed by atoms with E-state index in [0.717, 1.165) is 10.8 Å². The number of anilines is 1. The number of primary amides is 1. The molecule has 0 saturated heterocycles. The molecular weight excluding hydrogens is 891 g/mol. The summed E-state index contributed by atoms with van der Waals surface area (Å²) < 4.78 is 0. The van der Waals surface area contributed by atoms with Crippen molar-refractivity contribution in [3.63, 3.8) is 0 Å². The summed E-state index contributed by atoms with van der Waals surface area (Å²) in [4.78, 5) is 106. The average Bonchev–Trinajstić information content (AvgIpc) is 3.30. The smallest absolute Gasteiger partial charge is 0.305 e. The first kappa shape index (κ1) is 55.5. The lowest BCUT2D eigenvalue weighted by Gasteiger charge is -2.29. The van der Waals surface area contributed by atoms with Crippen LogP contribution in [0.2, 0.25) is 0 Å². The normalized spacial score (nSPS) is 13.9. The molecule has 7 atom stereocenters.